The first-order chi connectivity index (χ1) is 15.6. The predicted molar refractivity (Wildman–Crippen MR) is 115 cm³/mol. The Bertz CT molecular complexity index is 1170. The van der Waals surface area contributed by atoms with E-state index in [0.717, 1.165) is 0 Å². The molecule has 0 fully saturated rings. The topological polar surface area (TPSA) is 107 Å². The Morgan fingerprint density at radius 1 is 1.00 bits per heavy atom. The van der Waals surface area contributed by atoms with Gasteiger partial charge in [0.25, 0.3) is 0 Å². The number of amides is 2. The van der Waals surface area contributed by atoms with E-state index in [4.69, 9.17) is 13.9 Å². The second kappa shape index (κ2) is 9.22. The van der Waals surface area contributed by atoms with Gasteiger partial charge in [0.15, 0.2) is 0 Å². The summed E-state index contributed by atoms with van der Waals surface area (Å²) in [5.41, 5.74) is 1.81. The Balaban J connectivity index is 1.74. The van der Waals surface area contributed by atoms with Gasteiger partial charge in [-0.2, -0.15) is 0 Å². The summed E-state index contributed by atoms with van der Waals surface area (Å²) in [7, 11) is 0. The third-order valence-corrected chi connectivity index (χ3v) is 4.75. The fourth-order valence-electron chi connectivity index (χ4n) is 3.39. The van der Waals surface area contributed by atoms with E-state index in [1.54, 1.807) is 49.4 Å². The summed E-state index contributed by atoms with van der Waals surface area (Å²) in [5, 5.41) is 5.48. The molecule has 1 aromatic heterocycles. The Morgan fingerprint density at radius 3 is 2.53 bits per heavy atom. The van der Waals surface area contributed by atoms with Crippen LogP contribution in [0.15, 0.2) is 83.0 Å². The molecule has 2 N–H and O–H groups in total. The maximum absolute atomic E-state index is 12.9. The minimum absolute atomic E-state index is 0.0593. The molecule has 2 amide bonds. The Kier molecular flexibility index (Phi) is 6.03. The molecular formula is C24H20N2O6. The maximum Gasteiger partial charge on any atom is 0.379 e. The third-order valence-electron chi connectivity index (χ3n) is 4.75. The van der Waals surface area contributed by atoms with Crippen molar-refractivity contribution in [1.29, 1.82) is 0 Å². The number of carbonyl (C=O) groups excluding carboxylic acids is 3. The van der Waals surface area contributed by atoms with Crippen LogP contribution in [0, 0.1) is 0 Å². The number of benzene rings is 2. The van der Waals surface area contributed by atoms with E-state index in [1.165, 1.54) is 12.3 Å². The second-order valence-electron chi connectivity index (χ2n) is 6.85. The van der Waals surface area contributed by atoms with Crippen molar-refractivity contribution >= 4 is 23.7 Å². The zero-order chi connectivity index (χ0) is 22.5. The van der Waals surface area contributed by atoms with Gasteiger partial charge in [0.1, 0.15) is 5.75 Å². The molecule has 3 aromatic rings. The van der Waals surface area contributed by atoms with Crippen LogP contribution in [0.3, 0.4) is 0 Å². The number of hydrogen-bond donors (Lipinski definition) is 2. The van der Waals surface area contributed by atoms with E-state index in [0.29, 0.717) is 16.8 Å². The number of rotatable bonds is 6. The van der Waals surface area contributed by atoms with Gasteiger partial charge >= 0.3 is 18.0 Å². The van der Waals surface area contributed by atoms with Crippen molar-refractivity contribution in [3.8, 4) is 5.75 Å². The second-order valence-corrected chi connectivity index (χ2v) is 6.85. The van der Waals surface area contributed by atoms with Gasteiger partial charge in [0, 0.05) is 0 Å². The molecule has 0 saturated carbocycles. The lowest BCUT2D eigenvalue weighted by atomic mass is 9.92. The van der Waals surface area contributed by atoms with Crippen LogP contribution in [0.5, 0.6) is 5.75 Å². The first-order valence-corrected chi connectivity index (χ1v) is 9.96. The largest absolute Gasteiger partial charge is 0.463 e. The molecule has 8 nitrogen and oxygen atoms in total. The van der Waals surface area contributed by atoms with Crippen LogP contribution in [0.4, 0.5) is 4.79 Å². The molecule has 1 aliphatic rings. The van der Waals surface area contributed by atoms with E-state index in [2.05, 4.69) is 10.6 Å². The molecule has 8 heteroatoms. The van der Waals surface area contributed by atoms with Crippen LogP contribution >= 0.6 is 0 Å². The van der Waals surface area contributed by atoms with E-state index < -0.39 is 24.0 Å². The summed E-state index contributed by atoms with van der Waals surface area (Å²) in [6.07, 6.45) is 1.37. The molecular weight excluding hydrogens is 412 g/mol. The highest BCUT2D eigenvalue weighted by Crippen LogP contribution is 2.33. The molecule has 1 aliphatic heterocycles. The zero-order valence-electron chi connectivity index (χ0n) is 17.2. The van der Waals surface area contributed by atoms with Crippen molar-refractivity contribution in [3.63, 3.8) is 0 Å². The Hall–Kier alpha value is -4.33. The van der Waals surface area contributed by atoms with Crippen LogP contribution < -0.4 is 15.4 Å². The standard InChI is InChI=1S/C24H20N2O6/c1-2-30-23(28)19-20(15-8-4-3-5-9-15)25-24(29)26-21(19)16-10-6-11-17(14-16)32-22(27)18-12-7-13-31-18/h3-14,21H,2H2,1H3,(H2,25,26,29). The normalized spacial score (nSPS) is 15.5. The number of ether oxygens (including phenoxy) is 2. The van der Waals surface area contributed by atoms with Crippen LogP contribution in [0.1, 0.15) is 34.6 Å². The van der Waals surface area contributed by atoms with Crippen LogP contribution in [-0.4, -0.2) is 24.6 Å². The summed E-state index contributed by atoms with van der Waals surface area (Å²) in [6, 6.07) is 17.4. The fraction of sp³-hybridized carbons (Fsp3) is 0.125. The van der Waals surface area contributed by atoms with Gasteiger partial charge in [-0.05, 0) is 42.3 Å². The van der Waals surface area contributed by atoms with Crippen molar-refractivity contribution in [1.82, 2.24) is 10.6 Å². The number of furan rings is 1. The Labute approximate surface area is 183 Å². The zero-order valence-corrected chi connectivity index (χ0v) is 17.2. The number of urea groups is 1. The fourth-order valence-corrected chi connectivity index (χ4v) is 3.39. The van der Waals surface area contributed by atoms with E-state index in [1.807, 2.05) is 18.2 Å². The molecule has 1 atom stereocenters. The molecule has 0 bridgehead atoms. The van der Waals surface area contributed by atoms with E-state index >= 15 is 0 Å². The van der Waals surface area contributed by atoms with E-state index in [-0.39, 0.29) is 23.7 Å². The molecule has 1 unspecified atom stereocenters. The predicted octanol–water partition coefficient (Wildman–Crippen LogP) is 3.83. The highest BCUT2D eigenvalue weighted by molar-refractivity contribution is 6.04. The molecule has 0 saturated heterocycles. The van der Waals surface area contributed by atoms with E-state index in [9.17, 15) is 14.4 Å². The summed E-state index contributed by atoms with van der Waals surface area (Å²) in [4.78, 5) is 37.6. The highest BCUT2D eigenvalue weighted by Gasteiger charge is 2.34. The summed E-state index contributed by atoms with van der Waals surface area (Å²) >= 11 is 0. The smallest absolute Gasteiger partial charge is 0.379 e. The lowest BCUT2D eigenvalue weighted by Crippen LogP contribution is -2.45. The highest BCUT2D eigenvalue weighted by atomic mass is 16.5. The molecule has 2 heterocycles. The monoisotopic (exact) mass is 432 g/mol. The van der Waals surface area contributed by atoms with Crippen molar-refractivity contribution in [2.24, 2.45) is 0 Å². The molecule has 4 rings (SSSR count). The number of esters is 2. The lowest BCUT2D eigenvalue weighted by Gasteiger charge is -2.29. The van der Waals surface area contributed by atoms with Gasteiger partial charge in [0.2, 0.25) is 5.76 Å². The summed E-state index contributed by atoms with van der Waals surface area (Å²) in [5.74, 6) is -0.931. The van der Waals surface area contributed by atoms with Crippen LogP contribution in [0.2, 0.25) is 0 Å². The SMILES string of the molecule is CCOC(=O)C1=C(c2ccccc2)NC(=O)NC1c1cccc(OC(=O)c2ccco2)c1. The van der Waals surface area contributed by atoms with Crippen molar-refractivity contribution in [3.05, 3.63) is 95.5 Å². The molecule has 32 heavy (non-hydrogen) atoms. The van der Waals surface area contributed by atoms with Crippen molar-refractivity contribution in [2.45, 2.75) is 13.0 Å². The van der Waals surface area contributed by atoms with Gasteiger partial charge < -0.3 is 24.5 Å². The number of nitrogens with one attached hydrogen (secondary N) is 2. The van der Waals surface area contributed by atoms with Crippen LogP contribution in [0.25, 0.3) is 5.70 Å². The maximum atomic E-state index is 12.9. The summed E-state index contributed by atoms with van der Waals surface area (Å²) in [6.45, 7) is 1.88. The molecule has 2 aromatic carbocycles. The molecule has 0 aliphatic carbocycles. The first kappa shape index (κ1) is 20.9. The molecule has 0 spiro atoms. The lowest BCUT2D eigenvalue weighted by molar-refractivity contribution is -0.138. The van der Waals surface area contributed by atoms with Gasteiger partial charge in [-0.15, -0.1) is 0 Å². The molecule has 0 radical (unpaired) electrons. The van der Waals surface area contributed by atoms with Gasteiger partial charge in [0.05, 0.1) is 30.2 Å². The minimum atomic E-state index is -0.819. The third kappa shape index (κ3) is 4.39. The van der Waals surface area contributed by atoms with Gasteiger partial charge in [-0.1, -0.05) is 42.5 Å². The Morgan fingerprint density at radius 2 is 1.81 bits per heavy atom. The van der Waals surface area contributed by atoms with Crippen molar-refractivity contribution in [2.75, 3.05) is 6.61 Å². The average Bonchev–Trinajstić information content (AvgIpc) is 3.35. The quantitative estimate of drug-likeness (QED) is 0.453. The summed E-state index contributed by atoms with van der Waals surface area (Å²) < 4.78 is 15.7. The van der Waals surface area contributed by atoms with Gasteiger partial charge in [-0.3, -0.25) is 0 Å². The van der Waals surface area contributed by atoms with Crippen molar-refractivity contribution < 1.29 is 28.3 Å². The minimum Gasteiger partial charge on any atom is -0.463 e. The average molecular weight is 432 g/mol. The van der Waals surface area contributed by atoms with Crippen LogP contribution in [-0.2, 0) is 9.53 Å². The number of hydrogen-bond acceptors (Lipinski definition) is 6. The van der Waals surface area contributed by atoms with Gasteiger partial charge in [-0.25, -0.2) is 14.4 Å². The first-order valence-electron chi connectivity index (χ1n) is 9.96. The number of carbonyl (C=O) groups is 3. The molecule has 162 valence electrons.